The minimum atomic E-state index is -3.59. The molecule has 2 rings (SSSR count). The first-order chi connectivity index (χ1) is 9.41. The van der Waals surface area contributed by atoms with Crippen molar-refractivity contribution in [3.63, 3.8) is 0 Å². The summed E-state index contributed by atoms with van der Waals surface area (Å²) in [6.07, 6.45) is 2.07. The Balaban J connectivity index is 2.12. The van der Waals surface area contributed by atoms with Crippen LogP contribution in [-0.4, -0.2) is 36.1 Å². The highest BCUT2D eigenvalue weighted by atomic mass is 32.2. The van der Waals surface area contributed by atoms with E-state index in [-0.39, 0.29) is 10.7 Å². The molecule has 0 saturated carbocycles. The van der Waals surface area contributed by atoms with E-state index in [1.807, 2.05) is 30.3 Å². The molecule has 2 N–H and O–H groups in total. The molecule has 20 heavy (non-hydrogen) atoms. The summed E-state index contributed by atoms with van der Waals surface area (Å²) in [5.41, 5.74) is 6.73. The number of anilines is 1. The van der Waals surface area contributed by atoms with Crippen molar-refractivity contribution in [2.75, 3.05) is 19.3 Å². The van der Waals surface area contributed by atoms with Crippen LogP contribution < -0.4 is 5.73 Å². The largest absolute Gasteiger partial charge is 0.381 e. The summed E-state index contributed by atoms with van der Waals surface area (Å²) >= 11 is 0. The Bertz CT molecular complexity index is 680. The number of hydrogen-bond donors (Lipinski definition) is 1. The van der Waals surface area contributed by atoms with Gasteiger partial charge in [0.2, 0.25) is 10.0 Å². The van der Waals surface area contributed by atoms with E-state index < -0.39 is 10.0 Å². The molecule has 0 aliphatic rings. The lowest BCUT2D eigenvalue weighted by atomic mass is 10.2. The molecule has 0 bridgehead atoms. The van der Waals surface area contributed by atoms with Gasteiger partial charge in [0.25, 0.3) is 0 Å². The summed E-state index contributed by atoms with van der Waals surface area (Å²) in [7, 11) is -0.409. The fourth-order valence-corrected chi connectivity index (χ4v) is 3.16. The minimum absolute atomic E-state index is 0.0269. The van der Waals surface area contributed by atoms with Crippen molar-refractivity contribution >= 4 is 15.8 Å². The van der Waals surface area contributed by atoms with Gasteiger partial charge in [-0.1, -0.05) is 30.3 Å². The molecule has 1 aromatic carbocycles. The molecule has 0 aliphatic carbocycles. The number of nitrogen functional groups attached to an aromatic ring is 1. The van der Waals surface area contributed by atoms with Crippen LogP contribution in [0.1, 0.15) is 5.56 Å². The SMILES string of the molecule is CN(CCc1ccccc1)S(=O)(=O)c1cn(C)nc1N. The van der Waals surface area contributed by atoms with E-state index in [9.17, 15) is 8.42 Å². The average Bonchev–Trinajstić information content (AvgIpc) is 2.77. The number of aryl methyl sites for hydroxylation is 1. The van der Waals surface area contributed by atoms with Crippen LogP contribution in [0.15, 0.2) is 41.4 Å². The van der Waals surface area contributed by atoms with Gasteiger partial charge in [-0.3, -0.25) is 4.68 Å². The maximum Gasteiger partial charge on any atom is 0.248 e. The Morgan fingerprint density at radius 2 is 1.95 bits per heavy atom. The molecule has 2 aromatic rings. The molecule has 0 aliphatic heterocycles. The molecule has 0 atom stereocenters. The van der Waals surface area contributed by atoms with Gasteiger partial charge in [-0.05, 0) is 12.0 Å². The molecule has 0 fully saturated rings. The van der Waals surface area contributed by atoms with E-state index in [0.29, 0.717) is 13.0 Å². The topological polar surface area (TPSA) is 81.2 Å². The monoisotopic (exact) mass is 294 g/mol. The van der Waals surface area contributed by atoms with Crippen molar-refractivity contribution in [3.8, 4) is 0 Å². The first kappa shape index (κ1) is 14.5. The van der Waals surface area contributed by atoms with Crippen LogP contribution in [0.5, 0.6) is 0 Å². The number of benzene rings is 1. The standard InChI is InChI=1S/C13H18N4O2S/c1-16-10-12(13(14)15-16)20(18,19)17(2)9-8-11-6-4-3-5-7-11/h3-7,10H,8-9H2,1-2H3,(H2,14,15). The Morgan fingerprint density at radius 1 is 1.30 bits per heavy atom. The Labute approximate surface area is 118 Å². The maximum atomic E-state index is 12.4. The van der Waals surface area contributed by atoms with Crippen LogP contribution in [-0.2, 0) is 23.5 Å². The van der Waals surface area contributed by atoms with E-state index in [1.165, 1.54) is 15.2 Å². The van der Waals surface area contributed by atoms with E-state index in [0.717, 1.165) is 5.56 Å². The molecule has 108 valence electrons. The van der Waals surface area contributed by atoms with Gasteiger partial charge in [-0.25, -0.2) is 12.7 Å². The van der Waals surface area contributed by atoms with Gasteiger partial charge in [-0.15, -0.1) is 0 Å². The highest BCUT2D eigenvalue weighted by molar-refractivity contribution is 7.89. The molecule has 1 aromatic heterocycles. The van der Waals surface area contributed by atoms with Crippen LogP contribution in [0.4, 0.5) is 5.82 Å². The third kappa shape index (κ3) is 3.00. The fourth-order valence-electron chi connectivity index (χ4n) is 1.90. The quantitative estimate of drug-likeness (QED) is 0.887. The second-order valence-electron chi connectivity index (χ2n) is 4.61. The normalized spacial score (nSPS) is 11.9. The van der Waals surface area contributed by atoms with Crippen molar-refractivity contribution in [2.24, 2.45) is 7.05 Å². The zero-order chi connectivity index (χ0) is 14.8. The second kappa shape index (κ2) is 5.64. The summed E-state index contributed by atoms with van der Waals surface area (Å²) in [5, 5.41) is 3.87. The van der Waals surface area contributed by atoms with Crippen LogP contribution in [0.2, 0.25) is 0 Å². The number of likely N-dealkylation sites (N-methyl/N-ethyl adjacent to an activating group) is 1. The number of nitrogens with zero attached hydrogens (tertiary/aromatic N) is 3. The number of rotatable bonds is 5. The maximum absolute atomic E-state index is 12.4. The lowest BCUT2D eigenvalue weighted by Crippen LogP contribution is -2.29. The molecular weight excluding hydrogens is 276 g/mol. The predicted octanol–water partition coefficient (Wildman–Crippen LogP) is 0.865. The van der Waals surface area contributed by atoms with Crippen molar-refractivity contribution in [2.45, 2.75) is 11.3 Å². The van der Waals surface area contributed by atoms with Crippen molar-refractivity contribution in [1.82, 2.24) is 14.1 Å². The molecule has 1 heterocycles. The van der Waals surface area contributed by atoms with Gasteiger partial charge >= 0.3 is 0 Å². The predicted molar refractivity (Wildman–Crippen MR) is 77.6 cm³/mol. The van der Waals surface area contributed by atoms with Gasteiger partial charge in [-0.2, -0.15) is 5.10 Å². The van der Waals surface area contributed by atoms with Gasteiger partial charge in [0.15, 0.2) is 5.82 Å². The van der Waals surface area contributed by atoms with Gasteiger partial charge in [0, 0.05) is 26.8 Å². The van der Waals surface area contributed by atoms with Crippen LogP contribution in [0.3, 0.4) is 0 Å². The Kier molecular flexibility index (Phi) is 4.10. The molecule has 0 unspecified atom stereocenters. The third-order valence-corrected chi connectivity index (χ3v) is 4.94. The summed E-state index contributed by atoms with van der Waals surface area (Å²) in [6, 6.07) is 9.74. The molecule has 0 spiro atoms. The molecule has 6 nitrogen and oxygen atoms in total. The lowest BCUT2D eigenvalue weighted by Gasteiger charge is -2.16. The van der Waals surface area contributed by atoms with Crippen molar-refractivity contribution in [3.05, 3.63) is 42.1 Å². The van der Waals surface area contributed by atoms with Crippen LogP contribution in [0, 0.1) is 0 Å². The zero-order valence-corrected chi connectivity index (χ0v) is 12.3. The average molecular weight is 294 g/mol. The number of sulfonamides is 1. The van der Waals surface area contributed by atoms with E-state index in [1.54, 1.807) is 14.1 Å². The van der Waals surface area contributed by atoms with Crippen molar-refractivity contribution < 1.29 is 8.42 Å². The molecule has 0 radical (unpaired) electrons. The molecule has 0 amide bonds. The zero-order valence-electron chi connectivity index (χ0n) is 11.5. The van der Waals surface area contributed by atoms with Gasteiger partial charge < -0.3 is 5.73 Å². The molecular formula is C13H18N4O2S. The number of hydrogen-bond acceptors (Lipinski definition) is 4. The number of nitrogens with two attached hydrogens (primary N) is 1. The third-order valence-electron chi connectivity index (χ3n) is 3.07. The highest BCUT2D eigenvalue weighted by Crippen LogP contribution is 2.19. The van der Waals surface area contributed by atoms with Gasteiger partial charge in [0.05, 0.1) is 0 Å². The molecule has 7 heteroatoms. The Morgan fingerprint density at radius 3 is 2.50 bits per heavy atom. The van der Waals surface area contributed by atoms with Crippen LogP contribution in [0.25, 0.3) is 0 Å². The van der Waals surface area contributed by atoms with Crippen LogP contribution >= 0.6 is 0 Å². The minimum Gasteiger partial charge on any atom is -0.381 e. The number of aromatic nitrogens is 2. The fraction of sp³-hybridized carbons (Fsp3) is 0.308. The summed E-state index contributed by atoms with van der Waals surface area (Å²) in [6.45, 7) is 0.390. The van der Waals surface area contributed by atoms with E-state index >= 15 is 0 Å². The summed E-state index contributed by atoms with van der Waals surface area (Å²) in [4.78, 5) is 0.0514. The summed E-state index contributed by atoms with van der Waals surface area (Å²) < 4.78 is 27.5. The second-order valence-corrected chi connectivity index (χ2v) is 6.63. The smallest absolute Gasteiger partial charge is 0.248 e. The molecule has 0 saturated heterocycles. The first-order valence-electron chi connectivity index (χ1n) is 6.20. The highest BCUT2D eigenvalue weighted by Gasteiger charge is 2.25. The lowest BCUT2D eigenvalue weighted by molar-refractivity contribution is 0.473. The van der Waals surface area contributed by atoms with E-state index in [4.69, 9.17) is 5.73 Å². The summed E-state index contributed by atoms with van der Waals surface area (Å²) in [5.74, 6) is 0.0269. The van der Waals surface area contributed by atoms with Crippen molar-refractivity contribution in [1.29, 1.82) is 0 Å². The van der Waals surface area contributed by atoms with E-state index in [2.05, 4.69) is 5.10 Å². The Hall–Kier alpha value is -1.86. The first-order valence-corrected chi connectivity index (χ1v) is 7.64. The van der Waals surface area contributed by atoms with Gasteiger partial charge in [0.1, 0.15) is 4.90 Å².